The molecule has 0 radical (unpaired) electrons. The van der Waals surface area contributed by atoms with Gasteiger partial charge in [0.15, 0.2) is 0 Å². The number of rotatable bonds is 5. The van der Waals surface area contributed by atoms with E-state index in [1.54, 1.807) is 6.07 Å². The van der Waals surface area contributed by atoms with Crippen LogP contribution < -0.4 is 5.32 Å². The number of carbonyl (C=O) groups excluding carboxylic acids is 1. The van der Waals surface area contributed by atoms with Crippen LogP contribution in [0, 0.1) is 0 Å². The second kappa shape index (κ2) is 6.52. The molecule has 1 atom stereocenters. The zero-order valence-electron chi connectivity index (χ0n) is 13.0. The number of aromatic amines is 1. The number of H-pyrrole nitrogens is 1. The Kier molecular flexibility index (Phi) is 4.45. The van der Waals surface area contributed by atoms with Crippen LogP contribution in [0.2, 0.25) is 0 Å². The molecule has 0 fully saturated rings. The smallest absolute Gasteiger partial charge is 0.271 e. The number of hydrogen-bond donors (Lipinski definition) is 3. The van der Waals surface area contributed by atoms with Gasteiger partial charge in [-0.3, -0.25) is 9.89 Å². The van der Waals surface area contributed by atoms with Gasteiger partial charge in [-0.1, -0.05) is 32.0 Å². The zero-order valence-corrected chi connectivity index (χ0v) is 13.9. The molecule has 1 amide bonds. The van der Waals surface area contributed by atoms with Crippen LogP contribution in [0.1, 0.15) is 46.9 Å². The highest BCUT2D eigenvalue weighted by atomic mass is 32.1. The Morgan fingerprint density at radius 2 is 2.13 bits per heavy atom. The molecule has 2 aromatic heterocycles. The van der Waals surface area contributed by atoms with Gasteiger partial charge in [-0.2, -0.15) is 5.10 Å². The fraction of sp³-hybridized carbons (Fsp3) is 0.294. The van der Waals surface area contributed by atoms with E-state index in [-0.39, 0.29) is 18.4 Å². The molecule has 0 saturated carbocycles. The fourth-order valence-corrected chi connectivity index (χ4v) is 3.35. The molecule has 120 valence electrons. The highest BCUT2D eigenvalue weighted by Gasteiger charge is 2.16. The van der Waals surface area contributed by atoms with Crippen LogP contribution in [-0.4, -0.2) is 27.8 Å². The number of thiophene rings is 1. The standard InChI is InChI=1S/C17H19N3O2S/c1-10(2)12-8-13(20-19-12)17(22)18-9-14(21)16-7-11-5-3-4-6-15(11)23-16/h3-8,10,14,21H,9H2,1-2H3,(H,18,22)(H,19,20). The maximum atomic E-state index is 12.1. The Balaban J connectivity index is 1.63. The molecule has 23 heavy (non-hydrogen) atoms. The van der Waals surface area contributed by atoms with Gasteiger partial charge >= 0.3 is 0 Å². The van der Waals surface area contributed by atoms with E-state index >= 15 is 0 Å². The highest BCUT2D eigenvalue weighted by Crippen LogP contribution is 2.29. The molecule has 3 N–H and O–H groups in total. The molecule has 1 aromatic carbocycles. The normalized spacial score (nSPS) is 12.7. The van der Waals surface area contributed by atoms with Crippen molar-refractivity contribution in [3.8, 4) is 0 Å². The van der Waals surface area contributed by atoms with E-state index in [1.165, 1.54) is 11.3 Å². The molecular formula is C17H19N3O2S. The van der Waals surface area contributed by atoms with Crippen molar-refractivity contribution in [3.05, 3.63) is 52.7 Å². The minimum atomic E-state index is -0.722. The molecule has 0 aliphatic rings. The van der Waals surface area contributed by atoms with Crippen molar-refractivity contribution in [2.75, 3.05) is 6.54 Å². The fourth-order valence-electron chi connectivity index (χ4n) is 2.30. The summed E-state index contributed by atoms with van der Waals surface area (Å²) in [4.78, 5) is 12.9. The summed E-state index contributed by atoms with van der Waals surface area (Å²) in [5.74, 6) is 0.00139. The van der Waals surface area contributed by atoms with Gasteiger partial charge in [-0.05, 0) is 29.5 Å². The molecule has 0 aliphatic carbocycles. The number of benzene rings is 1. The lowest BCUT2D eigenvalue weighted by molar-refractivity contribution is 0.0913. The Morgan fingerprint density at radius 3 is 2.83 bits per heavy atom. The second-order valence-corrected chi connectivity index (χ2v) is 6.89. The average Bonchev–Trinajstić information content (AvgIpc) is 3.18. The van der Waals surface area contributed by atoms with Crippen LogP contribution in [0.25, 0.3) is 10.1 Å². The summed E-state index contributed by atoms with van der Waals surface area (Å²) in [6, 6.07) is 11.7. The zero-order chi connectivity index (χ0) is 16.4. The van der Waals surface area contributed by atoms with Crippen molar-refractivity contribution in [1.29, 1.82) is 0 Å². The Hall–Kier alpha value is -2.18. The van der Waals surface area contributed by atoms with Gasteiger partial charge in [0.05, 0.1) is 0 Å². The van der Waals surface area contributed by atoms with Gasteiger partial charge in [0.25, 0.3) is 5.91 Å². The van der Waals surface area contributed by atoms with Crippen molar-refractivity contribution >= 4 is 27.3 Å². The molecule has 0 spiro atoms. The molecule has 2 heterocycles. The molecule has 6 heteroatoms. The monoisotopic (exact) mass is 329 g/mol. The number of aliphatic hydroxyl groups is 1. The first kappa shape index (κ1) is 15.7. The van der Waals surface area contributed by atoms with Crippen molar-refractivity contribution in [2.24, 2.45) is 0 Å². The van der Waals surface area contributed by atoms with Crippen molar-refractivity contribution in [3.63, 3.8) is 0 Å². The number of hydrogen-bond acceptors (Lipinski definition) is 4. The van der Waals surface area contributed by atoms with Crippen molar-refractivity contribution in [2.45, 2.75) is 25.9 Å². The number of nitrogens with zero attached hydrogens (tertiary/aromatic N) is 1. The minimum absolute atomic E-state index is 0.162. The van der Waals surface area contributed by atoms with Gasteiger partial charge < -0.3 is 10.4 Å². The van der Waals surface area contributed by atoms with Crippen molar-refractivity contribution in [1.82, 2.24) is 15.5 Å². The molecular weight excluding hydrogens is 310 g/mol. The molecule has 0 bridgehead atoms. The summed E-state index contributed by atoms with van der Waals surface area (Å²) in [5.41, 5.74) is 1.26. The van der Waals surface area contributed by atoms with E-state index in [0.717, 1.165) is 20.7 Å². The van der Waals surface area contributed by atoms with Gasteiger partial charge in [0, 0.05) is 21.8 Å². The Bertz CT molecular complexity index is 789. The van der Waals surface area contributed by atoms with E-state index in [4.69, 9.17) is 0 Å². The third kappa shape index (κ3) is 3.43. The third-order valence-corrected chi connectivity index (χ3v) is 4.90. The number of nitrogens with one attached hydrogen (secondary N) is 2. The summed E-state index contributed by atoms with van der Waals surface area (Å²) in [6.07, 6.45) is -0.722. The summed E-state index contributed by atoms with van der Waals surface area (Å²) in [6.45, 7) is 4.22. The number of fused-ring (bicyclic) bond motifs is 1. The minimum Gasteiger partial charge on any atom is -0.386 e. The molecule has 0 aliphatic heterocycles. The number of amides is 1. The van der Waals surface area contributed by atoms with Crippen LogP contribution in [0.3, 0.4) is 0 Å². The van der Waals surface area contributed by atoms with E-state index in [2.05, 4.69) is 15.5 Å². The second-order valence-electron chi connectivity index (χ2n) is 5.78. The van der Waals surface area contributed by atoms with Gasteiger partial charge in [0.2, 0.25) is 0 Å². The van der Waals surface area contributed by atoms with E-state index in [0.29, 0.717) is 5.69 Å². The predicted octanol–water partition coefficient (Wildman–Crippen LogP) is 3.21. The summed E-state index contributed by atoms with van der Waals surface area (Å²) >= 11 is 1.54. The maximum absolute atomic E-state index is 12.1. The van der Waals surface area contributed by atoms with Crippen LogP contribution in [0.5, 0.6) is 0 Å². The maximum Gasteiger partial charge on any atom is 0.271 e. The average molecular weight is 329 g/mol. The molecule has 3 aromatic rings. The van der Waals surface area contributed by atoms with Gasteiger partial charge in [0.1, 0.15) is 11.8 Å². The number of carbonyl (C=O) groups is 1. The molecule has 1 unspecified atom stereocenters. The largest absolute Gasteiger partial charge is 0.386 e. The quantitative estimate of drug-likeness (QED) is 0.672. The molecule has 0 saturated heterocycles. The predicted molar refractivity (Wildman–Crippen MR) is 91.8 cm³/mol. The first-order chi connectivity index (χ1) is 11.0. The molecule has 3 rings (SSSR count). The van der Waals surface area contributed by atoms with Gasteiger partial charge in [-0.25, -0.2) is 0 Å². The highest BCUT2D eigenvalue weighted by molar-refractivity contribution is 7.19. The van der Waals surface area contributed by atoms with E-state index in [1.807, 2.05) is 44.2 Å². The SMILES string of the molecule is CC(C)c1cc(C(=O)NCC(O)c2cc3ccccc3s2)n[nH]1. The third-order valence-electron chi connectivity index (χ3n) is 3.68. The van der Waals surface area contributed by atoms with E-state index in [9.17, 15) is 9.90 Å². The first-order valence-electron chi connectivity index (χ1n) is 7.54. The lowest BCUT2D eigenvalue weighted by Gasteiger charge is -2.09. The number of aromatic nitrogens is 2. The summed E-state index contributed by atoms with van der Waals surface area (Å²) in [5, 5.41) is 21.0. The topological polar surface area (TPSA) is 78.0 Å². The summed E-state index contributed by atoms with van der Waals surface area (Å²) < 4.78 is 1.13. The first-order valence-corrected chi connectivity index (χ1v) is 8.36. The van der Waals surface area contributed by atoms with E-state index < -0.39 is 6.10 Å². The van der Waals surface area contributed by atoms with Crippen LogP contribution in [0.4, 0.5) is 0 Å². The van der Waals surface area contributed by atoms with Crippen LogP contribution >= 0.6 is 11.3 Å². The molecule has 5 nitrogen and oxygen atoms in total. The van der Waals surface area contributed by atoms with Gasteiger partial charge in [-0.15, -0.1) is 11.3 Å². The van der Waals surface area contributed by atoms with Crippen LogP contribution in [0.15, 0.2) is 36.4 Å². The Labute approximate surface area is 138 Å². The summed E-state index contributed by atoms with van der Waals surface area (Å²) in [7, 11) is 0. The number of aliphatic hydroxyl groups excluding tert-OH is 1. The van der Waals surface area contributed by atoms with Crippen molar-refractivity contribution < 1.29 is 9.90 Å². The Morgan fingerprint density at radius 1 is 1.35 bits per heavy atom. The van der Waals surface area contributed by atoms with Crippen LogP contribution in [-0.2, 0) is 0 Å². The lowest BCUT2D eigenvalue weighted by atomic mass is 10.1. The lowest BCUT2D eigenvalue weighted by Crippen LogP contribution is -2.28.